The molecule has 1 rings (SSSR count). The van der Waals surface area contributed by atoms with E-state index in [0.29, 0.717) is 30.5 Å². The number of nitrogens with one attached hydrogen (secondary N) is 2. The highest BCUT2D eigenvalue weighted by Gasteiger charge is 2.06. The second kappa shape index (κ2) is 10.5. The first-order valence-electron chi connectivity index (χ1n) is 6.72. The maximum absolute atomic E-state index is 11.1. The number of halogens is 1. The van der Waals surface area contributed by atoms with Crippen LogP contribution in [0, 0.1) is 0 Å². The fourth-order valence-corrected chi connectivity index (χ4v) is 2.22. The van der Waals surface area contributed by atoms with E-state index < -0.39 is 9.84 Å². The van der Waals surface area contributed by atoms with Crippen molar-refractivity contribution < 1.29 is 17.9 Å². The molecule has 0 aliphatic heterocycles. The number of rotatable bonds is 7. The molecule has 0 amide bonds. The standard InChI is InChI=1S/C14H23N3O4S.HI/c1-15-14(16-7-8-22(4,18)19)17-10-11-5-6-12(20-2)13(9-11)21-3;/h5-6,9H,7-8,10H2,1-4H3,(H2,15,16,17);1H. The second-order valence-corrected chi connectivity index (χ2v) is 6.93. The van der Waals surface area contributed by atoms with Crippen molar-refractivity contribution in [3.8, 4) is 11.5 Å². The first kappa shape index (κ1) is 21.8. The molecule has 0 radical (unpaired) electrons. The van der Waals surface area contributed by atoms with Gasteiger partial charge in [-0.2, -0.15) is 0 Å². The zero-order valence-electron chi connectivity index (χ0n) is 13.8. The van der Waals surface area contributed by atoms with Crippen LogP contribution in [0.15, 0.2) is 23.2 Å². The number of ether oxygens (including phenoxy) is 2. The van der Waals surface area contributed by atoms with Crippen molar-refractivity contribution in [3.05, 3.63) is 23.8 Å². The molecular weight excluding hydrogens is 433 g/mol. The molecule has 1 aromatic rings. The third-order valence-electron chi connectivity index (χ3n) is 2.90. The van der Waals surface area contributed by atoms with Crippen LogP contribution in [0.2, 0.25) is 0 Å². The third kappa shape index (κ3) is 8.26. The summed E-state index contributed by atoms with van der Waals surface area (Å²) in [7, 11) is 1.81. The predicted octanol–water partition coefficient (Wildman–Crippen LogP) is 1.03. The largest absolute Gasteiger partial charge is 0.493 e. The molecule has 0 atom stereocenters. The summed E-state index contributed by atoms with van der Waals surface area (Å²) < 4.78 is 32.6. The first-order chi connectivity index (χ1) is 10.4. The van der Waals surface area contributed by atoms with Gasteiger partial charge in [-0.15, -0.1) is 24.0 Å². The average Bonchev–Trinajstić information content (AvgIpc) is 2.49. The fraction of sp³-hybridized carbons (Fsp3) is 0.500. The molecule has 0 heterocycles. The summed E-state index contributed by atoms with van der Waals surface area (Å²) in [4.78, 5) is 4.04. The molecule has 0 unspecified atom stereocenters. The van der Waals surface area contributed by atoms with Crippen LogP contribution in [0.3, 0.4) is 0 Å². The van der Waals surface area contributed by atoms with Gasteiger partial charge in [0.1, 0.15) is 9.84 Å². The van der Waals surface area contributed by atoms with Crippen molar-refractivity contribution in [1.29, 1.82) is 0 Å². The van der Waals surface area contributed by atoms with Gasteiger partial charge < -0.3 is 20.1 Å². The third-order valence-corrected chi connectivity index (χ3v) is 3.84. The van der Waals surface area contributed by atoms with Gasteiger partial charge in [-0.25, -0.2) is 8.42 Å². The Bertz CT molecular complexity index is 620. The van der Waals surface area contributed by atoms with Crippen molar-refractivity contribution in [3.63, 3.8) is 0 Å². The predicted molar refractivity (Wildman–Crippen MR) is 103 cm³/mol. The monoisotopic (exact) mass is 457 g/mol. The minimum atomic E-state index is -2.99. The number of aliphatic imine (C=N–C) groups is 1. The van der Waals surface area contributed by atoms with Gasteiger partial charge in [-0.3, -0.25) is 4.99 Å². The van der Waals surface area contributed by atoms with Crippen molar-refractivity contribution in [2.24, 2.45) is 4.99 Å². The lowest BCUT2D eigenvalue weighted by molar-refractivity contribution is 0.354. The lowest BCUT2D eigenvalue weighted by Crippen LogP contribution is -2.39. The lowest BCUT2D eigenvalue weighted by Gasteiger charge is -2.13. The van der Waals surface area contributed by atoms with Crippen molar-refractivity contribution in [1.82, 2.24) is 10.6 Å². The Morgan fingerprint density at radius 2 is 1.83 bits per heavy atom. The van der Waals surface area contributed by atoms with E-state index in [9.17, 15) is 8.42 Å². The van der Waals surface area contributed by atoms with E-state index in [4.69, 9.17) is 9.47 Å². The highest BCUT2D eigenvalue weighted by atomic mass is 127. The summed E-state index contributed by atoms with van der Waals surface area (Å²) >= 11 is 0. The Balaban J connectivity index is 0.00000484. The molecule has 0 aliphatic rings. The van der Waals surface area contributed by atoms with Crippen molar-refractivity contribution in [2.75, 3.05) is 39.8 Å². The molecule has 0 saturated carbocycles. The molecule has 1 aromatic carbocycles. The van der Waals surface area contributed by atoms with E-state index >= 15 is 0 Å². The smallest absolute Gasteiger partial charge is 0.191 e. The number of hydrogen-bond acceptors (Lipinski definition) is 5. The normalized spacial score (nSPS) is 11.4. The summed E-state index contributed by atoms with van der Waals surface area (Å²) in [5.41, 5.74) is 0.990. The topological polar surface area (TPSA) is 89.0 Å². The van der Waals surface area contributed by atoms with Gasteiger partial charge in [0.05, 0.1) is 20.0 Å². The summed E-state index contributed by atoms with van der Waals surface area (Å²) in [5.74, 6) is 1.92. The van der Waals surface area contributed by atoms with Crippen LogP contribution in [0.1, 0.15) is 5.56 Å². The average molecular weight is 457 g/mol. The Labute approximate surface area is 154 Å². The lowest BCUT2D eigenvalue weighted by atomic mass is 10.2. The van der Waals surface area contributed by atoms with E-state index in [-0.39, 0.29) is 29.7 Å². The number of nitrogens with zero attached hydrogens (tertiary/aromatic N) is 1. The minimum absolute atomic E-state index is 0. The molecule has 0 fully saturated rings. The molecule has 0 saturated heterocycles. The molecule has 0 aromatic heterocycles. The van der Waals surface area contributed by atoms with E-state index in [0.717, 1.165) is 5.56 Å². The molecule has 0 aliphatic carbocycles. The van der Waals surface area contributed by atoms with E-state index in [2.05, 4.69) is 15.6 Å². The van der Waals surface area contributed by atoms with Crippen LogP contribution >= 0.6 is 24.0 Å². The highest BCUT2D eigenvalue weighted by molar-refractivity contribution is 14.0. The maximum atomic E-state index is 11.1. The van der Waals surface area contributed by atoms with Gasteiger partial charge in [0.25, 0.3) is 0 Å². The zero-order valence-corrected chi connectivity index (χ0v) is 16.9. The van der Waals surface area contributed by atoms with Gasteiger partial charge >= 0.3 is 0 Å². The molecule has 0 spiro atoms. The molecule has 23 heavy (non-hydrogen) atoms. The first-order valence-corrected chi connectivity index (χ1v) is 8.79. The Morgan fingerprint density at radius 3 is 2.35 bits per heavy atom. The molecule has 2 N–H and O–H groups in total. The molecule has 9 heteroatoms. The van der Waals surface area contributed by atoms with Gasteiger partial charge in [0.15, 0.2) is 17.5 Å². The zero-order chi connectivity index (χ0) is 16.6. The van der Waals surface area contributed by atoms with Gasteiger partial charge in [0, 0.05) is 26.4 Å². The summed E-state index contributed by atoms with van der Waals surface area (Å²) in [6.45, 7) is 0.837. The minimum Gasteiger partial charge on any atom is -0.493 e. The quantitative estimate of drug-likeness (QED) is 0.361. The molecule has 132 valence electrons. The molecule has 0 bridgehead atoms. The number of hydrogen-bond donors (Lipinski definition) is 2. The van der Waals surface area contributed by atoms with Crippen LogP contribution in [0.25, 0.3) is 0 Å². The van der Waals surface area contributed by atoms with Crippen molar-refractivity contribution in [2.45, 2.75) is 6.54 Å². The molecule has 7 nitrogen and oxygen atoms in total. The van der Waals surface area contributed by atoms with Crippen LogP contribution in [-0.2, 0) is 16.4 Å². The number of benzene rings is 1. The van der Waals surface area contributed by atoms with Gasteiger partial charge in [-0.05, 0) is 17.7 Å². The van der Waals surface area contributed by atoms with Crippen LogP contribution in [0.4, 0.5) is 0 Å². The number of guanidine groups is 1. The fourth-order valence-electron chi connectivity index (χ4n) is 1.75. The van der Waals surface area contributed by atoms with E-state index in [1.165, 1.54) is 6.26 Å². The summed E-state index contributed by atoms with van der Waals surface area (Å²) in [6, 6.07) is 5.61. The SMILES string of the molecule is CN=C(NCCS(C)(=O)=O)NCc1ccc(OC)c(OC)c1.I. The maximum Gasteiger partial charge on any atom is 0.191 e. The van der Waals surface area contributed by atoms with Gasteiger partial charge in [0.2, 0.25) is 0 Å². The van der Waals surface area contributed by atoms with E-state index in [1.54, 1.807) is 21.3 Å². The Kier molecular flexibility index (Phi) is 9.96. The highest BCUT2D eigenvalue weighted by Crippen LogP contribution is 2.27. The summed E-state index contributed by atoms with van der Waals surface area (Å²) in [6.07, 6.45) is 1.20. The van der Waals surface area contributed by atoms with Crippen LogP contribution in [0.5, 0.6) is 11.5 Å². The Hall–Kier alpha value is -1.23. The number of methoxy groups -OCH3 is 2. The summed E-state index contributed by atoms with van der Waals surface area (Å²) in [5, 5.41) is 6.06. The van der Waals surface area contributed by atoms with Gasteiger partial charge in [-0.1, -0.05) is 6.07 Å². The van der Waals surface area contributed by atoms with Crippen LogP contribution in [-0.4, -0.2) is 54.2 Å². The second-order valence-electron chi connectivity index (χ2n) is 4.67. The van der Waals surface area contributed by atoms with Crippen LogP contribution < -0.4 is 20.1 Å². The molecular formula is C14H24IN3O4S. The Morgan fingerprint density at radius 1 is 1.17 bits per heavy atom. The number of sulfone groups is 1. The van der Waals surface area contributed by atoms with E-state index in [1.807, 2.05) is 18.2 Å². The van der Waals surface area contributed by atoms with Crippen molar-refractivity contribution >= 4 is 39.8 Å².